The largest absolute Gasteiger partial charge is 0.462 e. The van der Waals surface area contributed by atoms with Crippen LogP contribution in [0.1, 0.15) is 59.2 Å². The van der Waals surface area contributed by atoms with Gasteiger partial charge in [0.15, 0.2) is 5.78 Å². The van der Waals surface area contributed by atoms with Crippen LogP contribution in [0, 0.1) is 16.7 Å². The minimum atomic E-state index is -0.467. The third-order valence-electron chi connectivity index (χ3n) is 4.65. The van der Waals surface area contributed by atoms with Gasteiger partial charge in [0.25, 0.3) is 5.56 Å². The minimum absolute atomic E-state index is 0.0729. The maximum absolute atomic E-state index is 12.8. The van der Waals surface area contributed by atoms with Gasteiger partial charge >= 0.3 is 5.97 Å². The highest BCUT2D eigenvalue weighted by Crippen LogP contribution is 2.35. The highest BCUT2D eigenvalue weighted by molar-refractivity contribution is 5.99. The number of carbonyl (C=O) groups is 2. The molecule has 0 amide bonds. The van der Waals surface area contributed by atoms with Crippen molar-refractivity contribution >= 4 is 11.8 Å². The SMILES string of the molecule is CCOC(=O)c1ccc(-n2c3c(cc(C#N)c2=O)C(=O)CC(C)(C)C3)cc1. The molecule has 1 aromatic carbocycles. The van der Waals surface area contributed by atoms with Gasteiger partial charge in [0, 0.05) is 23.4 Å². The number of carbonyl (C=O) groups excluding carboxylic acids is 2. The fourth-order valence-corrected chi connectivity index (χ4v) is 3.43. The predicted octanol–water partition coefficient (Wildman–Crippen LogP) is 3.04. The van der Waals surface area contributed by atoms with Crippen molar-refractivity contribution in [1.29, 1.82) is 5.26 Å². The number of fused-ring (bicyclic) bond motifs is 1. The molecule has 0 atom stereocenters. The van der Waals surface area contributed by atoms with Crippen LogP contribution in [0.4, 0.5) is 0 Å². The molecule has 3 rings (SSSR count). The van der Waals surface area contributed by atoms with Gasteiger partial charge in [-0.1, -0.05) is 13.8 Å². The van der Waals surface area contributed by atoms with Gasteiger partial charge < -0.3 is 4.74 Å². The summed E-state index contributed by atoms with van der Waals surface area (Å²) in [6, 6.07) is 9.68. The van der Waals surface area contributed by atoms with Crippen LogP contribution >= 0.6 is 0 Å². The zero-order valence-electron chi connectivity index (χ0n) is 15.5. The first kappa shape index (κ1) is 18.6. The van der Waals surface area contributed by atoms with E-state index in [1.807, 2.05) is 19.9 Å². The maximum Gasteiger partial charge on any atom is 0.338 e. The van der Waals surface area contributed by atoms with Crippen molar-refractivity contribution in [2.75, 3.05) is 6.61 Å². The number of nitriles is 1. The normalized spacial score (nSPS) is 15.0. The summed E-state index contributed by atoms with van der Waals surface area (Å²) in [5.41, 5.74) is 1.07. The highest BCUT2D eigenvalue weighted by atomic mass is 16.5. The van der Waals surface area contributed by atoms with Crippen molar-refractivity contribution < 1.29 is 14.3 Å². The van der Waals surface area contributed by atoms with Crippen LogP contribution in [0.15, 0.2) is 35.1 Å². The number of Topliss-reactive ketones (excluding diaryl/α,β-unsaturated/α-hetero) is 1. The summed E-state index contributed by atoms with van der Waals surface area (Å²) in [5, 5.41) is 9.32. The lowest BCUT2D eigenvalue weighted by molar-refractivity contribution is 0.0526. The first-order valence-corrected chi connectivity index (χ1v) is 8.77. The summed E-state index contributed by atoms with van der Waals surface area (Å²) in [6.07, 6.45) is 0.902. The molecule has 0 spiro atoms. The van der Waals surface area contributed by atoms with Gasteiger partial charge in [-0.3, -0.25) is 14.2 Å². The van der Waals surface area contributed by atoms with E-state index in [0.717, 1.165) is 0 Å². The molecule has 6 heteroatoms. The van der Waals surface area contributed by atoms with E-state index in [9.17, 15) is 19.6 Å². The summed E-state index contributed by atoms with van der Waals surface area (Å²) >= 11 is 0. The summed E-state index contributed by atoms with van der Waals surface area (Å²) < 4.78 is 6.39. The lowest BCUT2D eigenvalue weighted by Gasteiger charge is -2.32. The Morgan fingerprint density at radius 1 is 1.22 bits per heavy atom. The van der Waals surface area contributed by atoms with E-state index in [0.29, 0.717) is 35.3 Å². The van der Waals surface area contributed by atoms with Crippen molar-refractivity contribution in [3.8, 4) is 11.8 Å². The summed E-state index contributed by atoms with van der Waals surface area (Å²) in [6.45, 7) is 5.95. The van der Waals surface area contributed by atoms with E-state index in [2.05, 4.69) is 0 Å². The van der Waals surface area contributed by atoms with E-state index in [4.69, 9.17) is 4.74 Å². The van der Waals surface area contributed by atoms with E-state index >= 15 is 0 Å². The molecule has 138 valence electrons. The summed E-state index contributed by atoms with van der Waals surface area (Å²) in [5.74, 6) is -0.518. The molecule has 1 aliphatic carbocycles. The Kier molecular flexibility index (Phi) is 4.71. The quantitative estimate of drug-likeness (QED) is 0.781. The second-order valence-electron chi connectivity index (χ2n) is 7.38. The first-order chi connectivity index (χ1) is 12.8. The molecule has 1 aromatic heterocycles. The molecule has 0 saturated heterocycles. The number of hydrogen-bond acceptors (Lipinski definition) is 5. The number of ether oxygens (including phenoxy) is 1. The summed E-state index contributed by atoms with van der Waals surface area (Å²) in [7, 11) is 0. The predicted molar refractivity (Wildman–Crippen MR) is 99.1 cm³/mol. The molecule has 0 aliphatic heterocycles. The second-order valence-corrected chi connectivity index (χ2v) is 7.38. The fraction of sp³-hybridized carbons (Fsp3) is 0.333. The standard InChI is InChI=1S/C21H20N2O4/c1-4-27-20(26)13-5-7-15(8-6-13)23-17-10-21(2,3)11-18(24)16(17)9-14(12-22)19(23)25/h5-9H,4,10-11H2,1-3H3. The molecule has 1 aliphatic rings. The van der Waals surface area contributed by atoms with E-state index in [1.165, 1.54) is 10.6 Å². The Hall–Kier alpha value is -3.20. The molecule has 27 heavy (non-hydrogen) atoms. The van der Waals surface area contributed by atoms with Crippen molar-refractivity contribution in [3.63, 3.8) is 0 Å². The third-order valence-corrected chi connectivity index (χ3v) is 4.65. The van der Waals surface area contributed by atoms with Crippen LogP contribution in [-0.2, 0) is 11.2 Å². The lowest BCUT2D eigenvalue weighted by Crippen LogP contribution is -2.35. The molecular weight excluding hydrogens is 344 g/mol. The Morgan fingerprint density at radius 2 is 1.89 bits per heavy atom. The van der Waals surface area contributed by atoms with Crippen LogP contribution in [-0.4, -0.2) is 22.9 Å². The zero-order chi connectivity index (χ0) is 19.8. The van der Waals surface area contributed by atoms with Gasteiger partial charge in [0.1, 0.15) is 11.6 Å². The molecule has 1 heterocycles. The van der Waals surface area contributed by atoms with Crippen LogP contribution in [0.5, 0.6) is 0 Å². The maximum atomic E-state index is 12.8. The lowest BCUT2D eigenvalue weighted by atomic mass is 9.75. The summed E-state index contributed by atoms with van der Waals surface area (Å²) in [4.78, 5) is 37.3. The number of benzene rings is 1. The van der Waals surface area contributed by atoms with Crippen LogP contribution in [0.3, 0.4) is 0 Å². The number of esters is 1. The monoisotopic (exact) mass is 364 g/mol. The molecule has 2 aromatic rings. The molecular formula is C21H20N2O4. The number of rotatable bonds is 3. The Morgan fingerprint density at radius 3 is 2.48 bits per heavy atom. The number of pyridine rings is 1. The van der Waals surface area contributed by atoms with Gasteiger partial charge in [-0.15, -0.1) is 0 Å². The Bertz CT molecular complexity index is 1020. The van der Waals surface area contributed by atoms with Crippen molar-refractivity contribution in [2.45, 2.75) is 33.6 Å². The first-order valence-electron chi connectivity index (χ1n) is 8.77. The van der Waals surface area contributed by atoms with Gasteiger partial charge in [-0.25, -0.2) is 4.79 Å². The topological polar surface area (TPSA) is 89.2 Å². The van der Waals surface area contributed by atoms with Crippen LogP contribution in [0.25, 0.3) is 5.69 Å². The number of nitrogens with zero attached hydrogens (tertiary/aromatic N) is 2. The number of ketones is 1. The van der Waals surface area contributed by atoms with Crippen LogP contribution in [0.2, 0.25) is 0 Å². The van der Waals surface area contributed by atoms with Crippen molar-refractivity contribution in [1.82, 2.24) is 4.57 Å². The Labute approximate surface area is 157 Å². The molecule has 0 bridgehead atoms. The van der Waals surface area contributed by atoms with Gasteiger partial charge in [0.05, 0.1) is 12.2 Å². The van der Waals surface area contributed by atoms with E-state index < -0.39 is 11.5 Å². The molecule has 0 unspecified atom stereocenters. The average molecular weight is 364 g/mol. The van der Waals surface area contributed by atoms with Gasteiger partial charge in [0.2, 0.25) is 0 Å². The minimum Gasteiger partial charge on any atom is -0.462 e. The molecule has 0 N–H and O–H groups in total. The number of aromatic nitrogens is 1. The smallest absolute Gasteiger partial charge is 0.338 e. The van der Waals surface area contributed by atoms with Crippen molar-refractivity contribution in [2.24, 2.45) is 5.41 Å². The Balaban J connectivity index is 2.20. The average Bonchev–Trinajstić information content (AvgIpc) is 2.61. The molecule has 0 fully saturated rings. The van der Waals surface area contributed by atoms with E-state index in [1.54, 1.807) is 31.2 Å². The highest BCUT2D eigenvalue weighted by Gasteiger charge is 2.34. The zero-order valence-corrected chi connectivity index (χ0v) is 15.5. The van der Waals surface area contributed by atoms with Crippen molar-refractivity contribution in [3.05, 3.63) is 63.1 Å². The van der Waals surface area contributed by atoms with E-state index in [-0.39, 0.29) is 23.4 Å². The molecule has 0 saturated carbocycles. The molecule has 0 radical (unpaired) electrons. The van der Waals surface area contributed by atoms with Gasteiger partial charge in [-0.2, -0.15) is 5.26 Å². The van der Waals surface area contributed by atoms with Gasteiger partial charge in [-0.05, 0) is 49.1 Å². The fourth-order valence-electron chi connectivity index (χ4n) is 3.43. The third kappa shape index (κ3) is 3.41. The van der Waals surface area contributed by atoms with Crippen LogP contribution < -0.4 is 5.56 Å². The number of hydrogen-bond donors (Lipinski definition) is 0. The molecule has 6 nitrogen and oxygen atoms in total. The second kappa shape index (κ2) is 6.84.